The highest BCUT2D eigenvalue weighted by molar-refractivity contribution is 6.31. The summed E-state index contributed by atoms with van der Waals surface area (Å²) in [5, 5.41) is 1.01. The van der Waals surface area contributed by atoms with Gasteiger partial charge in [-0.2, -0.15) is 0 Å². The molecule has 1 heterocycles. The van der Waals surface area contributed by atoms with Gasteiger partial charge in [-0.05, 0) is 24.3 Å². The van der Waals surface area contributed by atoms with E-state index in [-0.39, 0.29) is 5.43 Å². The van der Waals surface area contributed by atoms with Crippen LogP contribution in [-0.4, -0.2) is 0 Å². The van der Waals surface area contributed by atoms with Crippen LogP contribution in [0.5, 0.6) is 0 Å². The zero-order valence-corrected chi connectivity index (χ0v) is 8.04. The van der Waals surface area contributed by atoms with Crippen molar-refractivity contribution in [2.24, 2.45) is 0 Å². The number of halogens is 1. The summed E-state index contributed by atoms with van der Waals surface area (Å²) in [5.74, 6) is 0.463. The van der Waals surface area contributed by atoms with Crippen LogP contribution in [0, 0.1) is 0 Å². The lowest BCUT2D eigenvalue weighted by molar-refractivity contribution is 0.591. The van der Waals surface area contributed by atoms with E-state index in [1.165, 1.54) is 12.1 Å². The van der Waals surface area contributed by atoms with Gasteiger partial charge in [0.25, 0.3) is 0 Å². The van der Waals surface area contributed by atoms with E-state index in [0.717, 1.165) is 0 Å². The average molecular weight is 207 g/mol. The second kappa shape index (κ2) is 3.31. The highest BCUT2D eigenvalue weighted by atomic mass is 35.5. The predicted molar refractivity (Wildman–Crippen MR) is 57.6 cm³/mol. The van der Waals surface area contributed by atoms with Crippen LogP contribution in [0.2, 0.25) is 5.02 Å². The molecule has 0 saturated heterocycles. The van der Waals surface area contributed by atoms with Gasteiger partial charge in [-0.3, -0.25) is 4.79 Å². The molecule has 3 heteroatoms. The summed E-state index contributed by atoms with van der Waals surface area (Å²) < 4.78 is 5.37. The largest absolute Gasteiger partial charge is 0.456 e. The van der Waals surface area contributed by atoms with Crippen LogP contribution < -0.4 is 5.43 Å². The van der Waals surface area contributed by atoms with Gasteiger partial charge in [-0.1, -0.05) is 18.2 Å². The number of hydrogen-bond donors (Lipinski definition) is 0. The summed E-state index contributed by atoms with van der Waals surface area (Å²) in [4.78, 5) is 11.5. The van der Waals surface area contributed by atoms with Crippen LogP contribution >= 0.6 is 11.6 Å². The third-order valence-corrected chi connectivity index (χ3v) is 2.14. The van der Waals surface area contributed by atoms with E-state index in [0.29, 0.717) is 21.8 Å². The summed E-state index contributed by atoms with van der Waals surface area (Å²) in [5.41, 5.74) is 0.417. The first-order chi connectivity index (χ1) is 6.70. The van der Waals surface area contributed by atoms with E-state index in [4.69, 9.17) is 16.0 Å². The molecule has 0 saturated carbocycles. The standard InChI is InChI=1S/C11H7ClO2/c1-2-8-6-10(13)9-5-7(12)3-4-11(9)14-8/h2-6H,1H2. The molecule has 2 rings (SSSR count). The molecule has 0 spiro atoms. The van der Waals surface area contributed by atoms with Gasteiger partial charge in [0.2, 0.25) is 0 Å². The molecule has 70 valence electrons. The molecule has 0 amide bonds. The monoisotopic (exact) mass is 206 g/mol. The number of rotatable bonds is 1. The van der Waals surface area contributed by atoms with Crippen molar-refractivity contribution in [2.75, 3.05) is 0 Å². The first-order valence-corrected chi connectivity index (χ1v) is 4.44. The molecular formula is C11H7ClO2. The molecular weight excluding hydrogens is 200 g/mol. The molecule has 0 radical (unpaired) electrons. The van der Waals surface area contributed by atoms with Crippen LogP contribution in [0.15, 0.2) is 40.1 Å². The van der Waals surface area contributed by atoms with Crippen molar-refractivity contribution >= 4 is 28.6 Å². The second-order valence-corrected chi connectivity index (χ2v) is 3.29. The minimum atomic E-state index is -0.108. The van der Waals surface area contributed by atoms with E-state index in [1.807, 2.05) is 0 Å². The SMILES string of the molecule is C=Cc1cc(=O)c2cc(Cl)ccc2o1. The Morgan fingerprint density at radius 1 is 1.36 bits per heavy atom. The molecule has 0 N–H and O–H groups in total. The van der Waals surface area contributed by atoms with Crippen molar-refractivity contribution in [1.82, 2.24) is 0 Å². The lowest BCUT2D eigenvalue weighted by Crippen LogP contribution is -1.99. The first kappa shape index (κ1) is 9.03. The van der Waals surface area contributed by atoms with Gasteiger partial charge < -0.3 is 4.42 Å². The van der Waals surface area contributed by atoms with Crippen LogP contribution in [0.25, 0.3) is 17.0 Å². The maximum absolute atomic E-state index is 11.5. The average Bonchev–Trinajstić information content (AvgIpc) is 2.19. The van der Waals surface area contributed by atoms with E-state index in [1.54, 1.807) is 18.2 Å². The van der Waals surface area contributed by atoms with Crippen molar-refractivity contribution in [3.63, 3.8) is 0 Å². The Hall–Kier alpha value is -1.54. The summed E-state index contributed by atoms with van der Waals surface area (Å²) in [6.45, 7) is 3.54. The molecule has 0 aliphatic heterocycles. The molecule has 2 nitrogen and oxygen atoms in total. The van der Waals surface area contributed by atoms with Crippen LogP contribution in [0.4, 0.5) is 0 Å². The predicted octanol–water partition coefficient (Wildman–Crippen LogP) is 3.09. The van der Waals surface area contributed by atoms with Crippen molar-refractivity contribution < 1.29 is 4.42 Å². The number of benzene rings is 1. The molecule has 0 fully saturated rings. The van der Waals surface area contributed by atoms with Crippen LogP contribution in [0.3, 0.4) is 0 Å². The fourth-order valence-electron chi connectivity index (χ4n) is 1.25. The van der Waals surface area contributed by atoms with Gasteiger partial charge in [0.15, 0.2) is 5.43 Å². The van der Waals surface area contributed by atoms with Crippen molar-refractivity contribution in [3.05, 3.63) is 51.9 Å². The molecule has 0 atom stereocenters. The lowest BCUT2D eigenvalue weighted by Gasteiger charge is -1.98. The minimum absolute atomic E-state index is 0.108. The Kier molecular flexibility index (Phi) is 2.14. The fraction of sp³-hybridized carbons (Fsp3) is 0. The van der Waals surface area contributed by atoms with Crippen molar-refractivity contribution in [1.29, 1.82) is 0 Å². The topological polar surface area (TPSA) is 30.2 Å². The fourth-order valence-corrected chi connectivity index (χ4v) is 1.42. The molecule has 1 aromatic carbocycles. The third kappa shape index (κ3) is 1.44. The quantitative estimate of drug-likeness (QED) is 0.718. The van der Waals surface area contributed by atoms with Gasteiger partial charge in [0, 0.05) is 11.1 Å². The Morgan fingerprint density at radius 2 is 2.14 bits per heavy atom. The third-order valence-electron chi connectivity index (χ3n) is 1.91. The van der Waals surface area contributed by atoms with Gasteiger partial charge in [0.1, 0.15) is 11.3 Å². The summed E-state index contributed by atoms with van der Waals surface area (Å²) in [6, 6.07) is 6.34. The van der Waals surface area contributed by atoms with Gasteiger partial charge >= 0.3 is 0 Å². The Morgan fingerprint density at radius 3 is 2.86 bits per heavy atom. The van der Waals surface area contributed by atoms with E-state index in [9.17, 15) is 4.79 Å². The molecule has 1 aromatic heterocycles. The van der Waals surface area contributed by atoms with Gasteiger partial charge in [0.05, 0.1) is 5.39 Å². The summed E-state index contributed by atoms with van der Waals surface area (Å²) >= 11 is 5.76. The number of fused-ring (bicyclic) bond motifs is 1. The zero-order valence-electron chi connectivity index (χ0n) is 7.29. The first-order valence-electron chi connectivity index (χ1n) is 4.06. The molecule has 0 aliphatic carbocycles. The Labute approximate surface area is 85.4 Å². The maximum atomic E-state index is 11.5. The van der Waals surface area contributed by atoms with Crippen molar-refractivity contribution in [3.8, 4) is 0 Å². The molecule has 2 aromatic rings. The van der Waals surface area contributed by atoms with Crippen LogP contribution in [0.1, 0.15) is 5.76 Å². The van der Waals surface area contributed by atoms with Gasteiger partial charge in [-0.25, -0.2) is 0 Å². The number of hydrogen-bond acceptors (Lipinski definition) is 2. The lowest BCUT2D eigenvalue weighted by atomic mass is 10.2. The highest BCUT2D eigenvalue weighted by Crippen LogP contribution is 2.17. The van der Waals surface area contributed by atoms with Crippen LogP contribution in [-0.2, 0) is 0 Å². The van der Waals surface area contributed by atoms with Gasteiger partial charge in [-0.15, -0.1) is 0 Å². The summed E-state index contributed by atoms with van der Waals surface area (Å²) in [7, 11) is 0. The van der Waals surface area contributed by atoms with Crippen molar-refractivity contribution in [2.45, 2.75) is 0 Å². The Balaban J connectivity index is 2.90. The molecule has 14 heavy (non-hydrogen) atoms. The van der Waals surface area contributed by atoms with E-state index < -0.39 is 0 Å². The maximum Gasteiger partial charge on any atom is 0.193 e. The highest BCUT2D eigenvalue weighted by Gasteiger charge is 2.02. The van der Waals surface area contributed by atoms with E-state index in [2.05, 4.69) is 6.58 Å². The smallest absolute Gasteiger partial charge is 0.193 e. The van der Waals surface area contributed by atoms with E-state index >= 15 is 0 Å². The molecule has 0 bridgehead atoms. The zero-order chi connectivity index (χ0) is 10.1. The minimum Gasteiger partial charge on any atom is -0.456 e. The second-order valence-electron chi connectivity index (χ2n) is 2.86. The molecule has 0 aliphatic rings. The Bertz CT molecular complexity index is 555. The summed E-state index contributed by atoms with van der Waals surface area (Å²) in [6.07, 6.45) is 1.50. The molecule has 0 unspecified atom stereocenters. The normalized spacial score (nSPS) is 10.4.